The van der Waals surface area contributed by atoms with Gasteiger partial charge in [0.15, 0.2) is 5.96 Å². The van der Waals surface area contributed by atoms with Crippen LogP contribution >= 0.6 is 24.0 Å². The normalized spacial score (nSPS) is 20.7. The fourth-order valence-corrected chi connectivity index (χ4v) is 4.12. The van der Waals surface area contributed by atoms with Crippen molar-refractivity contribution >= 4 is 35.6 Å². The first kappa shape index (κ1) is 24.3. The number of rotatable bonds is 7. The van der Waals surface area contributed by atoms with Crippen LogP contribution in [0, 0.1) is 11.8 Å². The second-order valence-corrected chi connectivity index (χ2v) is 8.27. The minimum atomic E-state index is 0. The molecule has 1 aromatic carbocycles. The number of nitrogens with one attached hydrogen (secondary N) is 1. The summed E-state index contributed by atoms with van der Waals surface area (Å²) in [5, 5.41) is 3.47. The summed E-state index contributed by atoms with van der Waals surface area (Å²) in [4.78, 5) is 9.81. The minimum Gasteiger partial charge on any atom is -0.381 e. The molecule has 0 spiro atoms. The van der Waals surface area contributed by atoms with Crippen LogP contribution in [0.2, 0.25) is 0 Å². The fraction of sp³-hybridized carbons (Fsp3) is 0.696. The number of benzene rings is 1. The summed E-state index contributed by atoms with van der Waals surface area (Å²) in [6.07, 6.45) is 3.80. The highest BCUT2D eigenvalue weighted by Crippen LogP contribution is 2.23. The zero-order chi connectivity index (χ0) is 19.8. The van der Waals surface area contributed by atoms with Crippen LogP contribution in [-0.4, -0.2) is 56.8 Å². The summed E-state index contributed by atoms with van der Waals surface area (Å²) in [6.45, 7) is 14.3. The average molecular weight is 514 g/mol. The molecular formula is C23H39IN4O. The predicted molar refractivity (Wildman–Crippen MR) is 133 cm³/mol. The largest absolute Gasteiger partial charge is 0.381 e. The third-order valence-electron chi connectivity index (χ3n) is 5.97. The summed E-state index contributed by atoms with van der Waals surface area (Å²) in [5.41, 5.74) is 2.62. The van der Waals surface area contributed by atoms with E-state index in [-0.39, 0.29) is 24.0 Å². The molecule has 164 valence electrons. The first-order valence-electron chi connectivity index (χ1n) is 11.1. The molecule has 2 fully saturated rings. The van der Waals surface area contributed by atoms with Gasteiger partial charge in [-0.2, -0.15) is 0 Å². The molecule has 1 aromatic rings. The van der Waals surface area contributed by atoms with E-state index >= 15 is 0 Å². The molecule has 1 N–H and O–H groups in total. The third kappa shape index (κ3) is 7.31. The van der Waals surface area contributed by atoms with E-state index in [1.54, 1.807) is 0 Å². The number of anilines is 1. The molecule has 0 bridgehead atoms. The van der Waals surface area contributed by atoms with Crippen LogP contribution in [0.1, 0.15) is 45.6 Å². The topological polar surface area (TPSA) is 40.1 Å². The molecule has 29 heavy (non-hydrogen) atoms. The molecule has 3 rings (SSSR count). The standard InChI is InChI=1S/C23H38N4O.HI/c1-4-24-23(27-15-12-21(17-27)18-28-5-2)25-16-20-6-8-22(9-7-20)26-13-10-19(3)11-14-26;/h6-9,19,21H,4-5,10-18H2,1-3H3,(H,24,25);1H. The Bertz CT molecular complexity index is 614. The molecular weight excluding hydrogens is 475 g/mol. The van der Waals surface area contributed by atoms with Gasteiger partial charge in [0.2, 0.25) is 0 Å². The number of aliphatic imine (C=N–C) groups is 1. The molecule has 0 radical (unpaired) electrons. The Hall–Kier alpha value is -1.02. The summed E-state index contributed by atoms with van der Waals surface area (Å²) in [6, 6.07) is 9.01. The molecule has 0 aromatic heterocycles. The Kier molecular flexibility index (Phi) is 10.6. The van der Waals surface area contributed by atoms with Crippen molar-refractivity contribution in [1.29, 1.82) is 0 Å². The van der Waals surface area contributed by atoms with Gasteiger partial charge in [-0.1, -0.05) is 19.1 Å². The fourth-order valence-electron chi connectivity index (χ4n) is 4.12. The average Bonchev–Trinajstić information content (AvgIpc) is 3.19. The highest BCUT2D eigenvalue weighted by atomic mass is 127. The number of hydrogen-bond donors (Lipinski definition) is 1. The summed E-state index contributed by atoms with van der Waals surface area (Å²) in [7, 11) is 0. The lowest BCUT2D eigenvalue weighted by atomic mass is 9.99. The second kappa shape index (κ2) is 12.6. The first-order chi connectivity index (χ1) is 13.7. The van der Waals surface area contributed by atoms with E-state index in [1.165, 1.54) is 43.6 Å². The van der Waals surface area contributed by atoms with Crippen molar-refractivity contribution in [2.75, 3.05) is 50.8 Å². The van der Waals surface area contributed by atoms with Crippen molar-refractivity contribution in [2.24, 2.45) is 16.8 Å². The number of piperidine rings is 1. The molecule has 2 heterocycles. The Labute approximate surface area is 194 Å². The second-order valence-electron chi connectivity index (χ2n) is 8.27. The maximum absolute atomic E-state index is 5.61. The number of guanidine groups is 1. The van der Waals surface area contributed by atoms with Gasteiger partial charge in [0.1, 0.15) is 0 Å². The van der Waals surface area contributed by atoms with Crippen molar-refractivity contribution in [3.63, 3.8) is 0 Å². The van der Waals surface area contributed by atoms with E-state index in [0.717, 1.165) is 51.3 Å². The van der Waals surface area contributed by atoms with Crippen molar-refractivity contribution in [3.05, 3.63) is 29.8 Å². The summed E-state index contributed by atoms with van der Waals surface area (Å²) >= 11 is 0. The molecule has 0 saturated carbocycles. The predicted octanol–water partition coefficient (Wildman–Crippen LogP) is 4.36. The van der Waals surface area contributed by atoms with Crippen molar-refractivity contribution in [1.82, 2.24) is 10.2 Å². The molecule has 2 aliphatic rings. The van der Waals surface area contributed by atoms with Gasteiger partial charge < -0.3 is 19.9 Å². The molecule has 6 heteroatoms. The Morgan fingerprint density at radius 2 is 1.83 bits per heavy atom. The number of halogens is 1. The van der Waals surface area contributed by atoms with E-state index in [1.807, 2.05) is 0 Å². The van der Waals surface area contributed by atoms with E-state index < -0.39 is 0 Å². The molecule has 5 nitrogen and oxygen atoms in total. The summed E-state index contributed by atoms with van der Waals surface area (Å²) in [5.74, 6) is 2.53. The van der Waals surface area contributed by atoms with Crippen LogP contribution in [0.25, 0.3) is 0 Å². The zero-order valence-electron chi connectivity index (χ0n) is 18.4. The Morgan fingerprint density at radius 1 is 1.10 bits per heavy atom. The Morgan fingerprint density at radius 3 is 2.48 bits per heavy atom. The molecule has 2 saturated heterocycles. The van der Waals surface area contributed by atoms with Gasteiger partial charge in [0.05, 0.1) is 13.2 Å². The molecule has 1 unspecified atom stereocenters. The van der Waals surface area contributed by atoms with Crippen molar-refractivity contribution < 1.29 is 4.74 Å². The molecule has 1 atom stereocenters. The van der Waals surface area contributed by atoms with Crippen LogP contribution < -0.4 is 10.2 Å². The number of ether oxygens (including phenoxy) is 1. The lowest BCUT2D eigenvalue weighted by Gasteiger charge is -2.32. The molecule has 0 aliphatic carbocycles. The van der Waals surface area contributed by atoms with Gasteiger partial charge >= 0.3 is 0 Å². The van der Waals surface area contributed by atoms with Crippen LogP contribution in [0.4, 0.5) is 5.69 Å². The van der Waals surface area contributed by atoms with E-state index in [4.69, 9.17) is 9.73 Å². The van der Waals surface area contributed by atoms with Crippen molar-refractivity contribution in [3.8, 4) is 0 Å². The van der Waals surface area contributed by atoms with Gasteiger partial charge in [-0.05, 0) is 56.7 Å². The third-order valence-corrected chi connectivity index (χ3v) is 5.97. The Balaban J connectivity index is 0.00000300. The number of hydrogen-bond acceptors (Lipinski definition) is 3. The van der Waals surface area contributed by atoms with Gasteiger partial charge in [0, 0.05) is 50.9 Å². The van der Waals surface area contributed by atoms with Crippen LogP contribution in [0.15, 0.2) is 29.3 Å². The SMILES string of the molecule is CCNC(=NCc1ccc(N2CCC(C)CC2)cc1)N1CCC(COCC)C1.I. The quantitative estimate of drug-likeness (QED) is 0.334. The maximum Gasteiger partial charge on any atom is 0.194 e. The highest BCUT2D eigenvalue weighted by Gasteiger charge is 2.24. The van der Waals surface area contributed by atoms with Crippen LogP contribution in [-0.2, 0) is 11.3 Å². The molecule has 2 aliphatic heterocycles. The first-order valence-corrected chi connectivity index (χ1v) is 11.1. The van der Waals surface area contributed by atoms with Gasteiger partial charge in [-0.3, -0.25) is 0 Å². The smallest absolute Gasteiger partial charge is 0.194 e. The van der Waals surface area contributed by atoms with Gasteiger partial charge in [-0.25, -0.2) is 4.99 Å². The van der Waals surface area contributed by atoms with Crippen LogP contribution in [0.5, 0.6) is 0 Å². The highest BCUT2D eigenvalue weighted by molar-refractivity contribution is 14.0. The summed E-state index contributed by atoms with van der Waals surface area (Å²) < 4.78 is 5.61. The van der Waals surface area contributed by atoms with Crippen molar-refractivity contribution in [2.45, 2.75) is 46.6 Å². The van der Waals surface area contributed by atoms with E-state index in [9.17, 15) is 0 Å². The molecule has 0 amide bonds. The van der Waals surface area contributed by atoms with Gasteiger partial charge in [-0.15, -0.1) is 24.0 Å². The maximum atomic E-state index is 5.61. The monoisotopic (exact) mass is 514 g/mol. The lowest BCUT2D eigenvalue weighted by Crippen LogP contribution is -2.40. The van der Waals surface area contributed by atoms with Crippen LogP contribution in [0.3, 0.4) is 0 Å². The van der Waals surface area contributed by atoms with Gasteiger partial charge in [0.25, 0.3) is 0 Å². The number of likely N-dealkylation sites (tertiary alicyclic amines) is 1. The number of nitrogens with zero attached hydrogens (tertiary/aromatic N) is 3. The van der Waals surface area contributed by atoms with E-state index in [0.29, 0.717) is 5.92 Å². The zero-order valence-corrected chi connectivity index (χ0v) is 20.7. The minimum absolute atomic E-state index is 0. The lowest BCUT2D eigenvalue weighted by molar-refractivity contribution is 0.114. The van der Waals surface area contributed by atoms with E-state index in [2.05, 4.69) is 60.2 Å².